The van der Waals surface area contributed by atoms with Gasteiger partial charge >= 0.3 is 0 Å². The fraction of sp³-hybridized carbons (Fsp3) is 0.429. The van der Waals surface area contributed by atoms with Crippen molar-refractivity contribution in [3.63, 3.8) is 0 Å². The third-order valence-electron chi connectivity index (χ3n) is 7.01. The van der Waals surface area contributed by atoms with Crippen molar-refractivity contribution in [1.82, 2.24) is 0 Å². The van der Waals surface area contributed by atoms with Gasteiger partial charge in [-0.05, 0) is 28.1 Å². The molecule has 6 heteroatoms. The summed E-state index contributed by atoms with van der Waals surface area (Å²) in [5.74, 6) is 2.22. The van der Waals surface area contributed by atoms with Gasteiger partial charge in [0.25, 0.3) is 0 Å². The van der Waals surface area contributed by atoms with E-state index in [4.69, 9.17) is 9.47 Å². The molecule has 0 amide bonds. The SMILES string of the molecule is COCOCC1=C(C#C[Si](C(C)C)(C(C)C)C(C)C)C(=O)c2c(cc3ccccc3c2O)C1=O. The number of allylic oxidation sites excluding steroid dienone is 1. The van der Waals surface area contributed by atoms with Crippen LogP contribution in [-0.4, -0.2) is 45.3 Å². The molecule has 180 valence electrons. The van der Waals surface area contributed by atoms with E-state index in [1.54, 1.807) is 24.3 Å². The van der Waals surface area contributed by atoms with Crippen LogP contribution >= 0.6 is 0 Å². The first kappa shape index (κ1) is 25.9. The molecular formula is C28H34O5Si. The van der Waals surface area contributed by atoms with Gasteiger partial charge in [-0.15, -0.1) is 5.54 Å². The number of carbonyl (C=O) groups is 2. The van der Waals surface area contributed by atoms with Crippen molar-refractivity contribution in [2.75, 3.05) is 20.5 Å². The van der Waals surface area contributed by atoms with Crippen LogP contribution in [0.5, 0.6) is 5.75 Å². The number of methoxy groups -OCH3 is 1. The number of fused-ring (bicyclic) bond motifs is 2. The lowest BCUT2D eigenvalue weighted by Gasteiger charge is -2.38. The lowest BCUT2D eigenvalue weighted by molar-refractivity contribution is -0.0210. The normalized spacial score (nSPS) is 14.3. The Kier molecular flexibility index (Phi) is 7.82. The maximum Gasteiger partial charge on any atom is 0.206 e. The highest BCUT2D eigenvalue weighted by molar-refractivity contribution is 6.90. The molecule has 0 aliphatic heterocycles. The van der Waals surface area contributed by atoms with Crippen molar-refractivity contribution in [3.8, 4) is 17.2 Å². The molecule has 1 aliphatic rings. The summed E-state index contributed by atoms with van der Waals surface area (Å²) in [6, 6.07) is 8.83. The summed E-state index contributed by atoms with van der Waals surface area (Å²) in [7, 11) is -0.670. The molecule has 0 unspecified atom stereocenters. The topological polar surface area (TPSA) is 72.8 Å². The van der Waals surface area contributed by atoms with Gasteiger partial charge in [0.05, 0.1) is 17.7 Å². The van der Waals surface area contributed by atoms with E-state index >= 15 is 0 Å². The molecule has 2 aromatic carbocycles. The number of rotatable bonds is 7. The zero-order valence-corrected chi connectivity index (χ0v) is 22.1. The Bertz CT molecular complexity index is 1190. The second kappa shape index (κ2) is 10.3. The second-order valence-corrected chi connectivity index (χ2v) is 15.4. The monoisotopic (exact) mass is 478 g/mol. The average Bonchev–Trinajstić information content (AvgIpc) is 2.78. The highest BCUT2D eigenvalue weighted by atomic mass is 28.3. The number of hydrogen-bond acceptors (Lipinski definition) is 5. The summed E-state index contributed by atoms with van der Waals surface area (Å²) in [5.41, 5.74) is 5.20. The van der Waals surface area contributed by atoms with Crippen LogP contribution in [-0.2, 0) is 9.47 Å². The number of Topliss-reactive ketones (excluding diaryl/α,β-unsaturated/α-hetero) is 2. The van der Waals surface area contributed by atoms with Gasteiger partial charge in [0, 0.05) is 23.6 Å². The van der Waals surface area contributed by atoms with Gasteiger partial charge in [-0.25, -0.2) is 0 Å². The molecule has 0 saturated heterocycles. The molecule has 0 aromatic heterocycles. The quantitative estimate of drug-likeness (QED) is 0.227. The van der Waals surface area contributed by atoms with E-state index in [1.165, 1.54) is 7.11 Å². The van der Waals surface area contributed by atoms with Crippen LogP contribution in [0.25, 0.3) is 10.8 Å². The molecule has 34 heavy (non-hydrogen) atoms. The molecule has 0 spiro atoms. The molecule has 2 aromatic rings. The van der Waals surface area contributed by atoms with Crippen LogP contribution in [0.4, 0.5) is 0 Å². The molecule has 1 aliphatic carbocycles. The number of ether oxygens (including phenoxy) is 2. The Labute approximate surface area is 203 Å². The third kappa shape index (κ3) is 4.36. The summed E-state index contributed by atoms with van der Waals surface area (Å²) in [6.45, 7) is 13.1. The summed E-state index contributed by atoms with van der Waals surface area (Å²) >= 11 is 0. The first-order chi connectivity index (χ1) is 16.1. The highest BCUT2D eigenvalue weighted by Crippen LogP contribution is 2.42. The van der Waals surface area contributed by atoms with Crippen LogP contribution in [0.15, 0.2) is 41.5 Å². The number of phenolic OH excluding ortho intramolecular Hbond substituents is 1. The molecule has 0 atom stereocenters. The van der Waals surface area contributed by atoms with Gasteiger partial charge in [-0.1, -0.05) is 71.7 Å². The lowest BCUT2D eigenvalue weighted by atomic mass is 9.82. The van der Waals surface area contributed by atoms with Gasteiger partial charge in [0.15, 0.2) is 5.78 Å². The van der Waals surface area contributed by atoms with E-state index in [1.807, 2.05) is 6.07 Å². The van der Waals surface area contributed by atoms with Crippen LogP contribution < -0.4 is 0 Å². The van der Waals surface area contributed by atoms with Gasteiger partial charge in [-0.3, -0.25) is 9.59 Å². The molecule has 5 nitrogen and oxygen atoms in total. The van der Waals surface area contributed by atoms with E-state index in [9.17, 15) is 14.7 Å². The highest BCUT2D eigenvalue weighted by Gasteiger charge is 2.42. The number of aromatic hydroxyl groups is 1. The van der Waals surface area contributed by atoms with E-state index in [0.29, 0.717) is 27.4 Å². The summed E-state index contributed by atoms with van der Waals surface area (Å²) in [4.78, 5) is 27.3. The fourth-order valence-electron chi connectivity index (χ4n) is 5.38. The maximum atomic E-state index is 13.8. The molecule has 0 fully saturated rings. The van der Waals surface area contributed by atoms with Crippen molar-refractivity contribution in [2.45, 2.75) is 58.2 Å². The predicted molar refractivity (Wildman–Crippen MR) is 138 cm³/mol. The van der Waals surface area contributed by atoms with E-state index < -0.39 is 13.9 Å². The molecular weight excluding hydrogens is 444 g/mol. The second-order valence-electron chi connectivity index (χ2n) is 9.78. The van der Waals surface area contributed by atoms with Crippen LogP contribution in [0, 0.1) is 11.5 Å². The van der Waals surface area contributed by atoms with Crippen molar-refractivity contribution in [1.29, 1.82) is 0 Å². The summed E-state index contributed by atoms with van der Waals surface area (Å²) in [5, 5.41) is 12.2. The molecule has 0 bridgehead atoms. The molecule has 1 N–H and O–H groups in total. The fourth-order valence-corrected chi connectivity index (χ4v) is 10.6. The number of phenols is 1. The number of carbonyl (C=O) groups excluding carboxylic acids is 2. The zero-order chi connectivity index (χ0) is 25.2. The van der Waals surface area contributed by atoms with Gasteiger partial charge in [0.1, 0.15) is 20.6 Å². The van der Waals surface area contributed by atoms with Gasteiger partial charge < -0.3 is 14.6 Å². The Balaban J connectivity index is 2.27. The Morgan fingerprint density at radius 3 is 2.18 bits per heavy atom. The number of benzene rings is 2. The number of ketones is 2. The predicted octanol–water partition coefficient (Wildman–Crippen LogP) is 6.06. The standard InChI is InChI=1S/C28H34O5Si/c1-17(2)34(18(3)4,19(5)6)13-12-22-24(15-33-16-32-7)26(29)23-14-20-10-8-9-11-21(20)27(30)25(23)28(22)31/h8-11,14,17-19,30H,15-16H2,1-7H3. The van der Waals surface area contributed by atoms with E-state index in [2.05, 4.69) is 53.0 Å². The minimum Gasteiger partial charge on any atom is -0.507 e. The molecule has 3 rings (SSSR count). The first-order valence-electron chi connectivity index (χ1n) is 11.7. The smallest absolute Gasteiger partial charge is 0.206 e. The van der Waals surface area contributed by atoms with E-state index in [-0.39, 0.29) is 47.2 Å². The minimum atomic E-state index is -2.17. The van der Waals surface area contributed by atoms with Gasteiger partial charge in [0.2, 0.25) is 5.78 Å². The van der Waals surface area contributed by atoms with Crippen LogP contribution in [0.3, 0.4) is 0 Å². The van der Waals surface area contributed by atoms with Crippen molar-refractivity contribution in [2.24, 2.45) is 0 Å². The average molecular weight is 479 g/mol. The molecule has 0 saturated carbocycles. The van der Waals surface area contributed by atoms with Crippen molar-refractivity contribution in [3.05, 3.63) is 52.6 Å². The maximum absolute atomic E-state index is 13.8. The van der Waals surface area contributed by atoms with E-state index in [0.717, 1.165) is 0 Å². The number of hydrogen-bond donors (Lipinski definition) is 1. The lowest BCUT2D eigenvalue weighted by Crippen LogP contribution is -2.43. The van der Waals surface area contributed by atoms with Crippen LogP contribution in [0.1, 0.15) is 62.3 Å². The van der Waals surface area contributed by atoms with Crippen LogP contribution in [0.2, 0.25) is 16.6 Å². The summed E-state index contributed by atoms with van der Waals surface area (Å²) in [6.07, 6.45) is 0. The van der Waals surface area contributed by atoms with Crippen molar-refractivity contribution >= 4 is 30.4 Å². The van der Waals surface area contributed by atoms with Crippen molar-refractivity contribution < 1.29 is 24.2 Å². The molecule has 0 heterocycles. The Morgan fingerprint density at radius 1 is 0.971 bits per heavy atom. The summed E-state index contributed by atoms with van der Waals surface area (Å²) < 4.78 is 10.5. The third-order valence-corrected chi connectivity index (χ3v) is 13.3. The Morgan fingerprint density at radius 2 is 1.59 bits per heavy atom. The zero-order valence-electron chi connectivity index (χ0n) is 21.1. The molecule has 0 radical (unpaired) electrons. The first-order valence-corrected chi connectivity index (χ1v) is 14.0. The Hall–Kier alpha value is -2.72. The van der Waals surface area contributed by atoms with Gasteiger partial charge in [-0.2, -0.15) is 0 Å². The largest absolute Gasteiger partial charge is 0.507 e. The minimum absolute atomic E-state index is 0.00975.